The quantitative estimate of drug-likeness (QED) is 0.475. The predicted octanol–water partition coefficient (Wildman–Crippen LogP) is 4.10. The predicted molar refractivity (Wildman–Crippen MR) is 76.3 cm³/mol. The fourth-order valence-electron chi connectivity index (χ4n) is 2.42. The maximum absolute atomic E-state index is 12.1. The van der Waals surface area contributed by atoms with Crippen LogP contribution in [0.4, 0.5) is 5.00 Å². The Hall–Kier alpha value is -1.03. The lowest BCUT2D eigenvalue weighted by Gasteiger charge is -2.19. The monoisotopic (exact) mass is 281 g/mol. The number of aryl methyl sites for hydroxylation is 1. The zero-order valence-corrected chi connectivity index (χ0v) is 12.1. The van der Waals surface area contributed by atoms with Crippen LogP contribution in [-0.2, 0) is 11.2 Å². The Morgan fingerprint density at radius 3 is 3.11 bits per heavy atom. The van der Waals surface area contributed by atoms with Gasteiger partial charge in [-0.3, -0.25) is 0 Å². The van der Waals surface area contributed by atoms with Crippen LogP contribution in [0.25, 0.3) is 0 Å². The van der Waals surface area contributed by atoms with Crippen molar-refractivity contribution in [3.8, 4) is 0 Å². The van der Waals surface area contributed by atoms with Crippen LogP contribution >= 0.6 is 23.6 Å². The molecule has 96 valence electrons. The Labute approximate surface area is 116 Å². The number of carbonyl (C=O) groups is 1. The van der Waals surface area contributed by atoms with Crippen molar-refractivity contribution in [2.45, 2.75) is 39.0 Å². The average Bonchev–Trinajstić information content (AvgIpc) is 2.69. The van der Waals surface area contributed by atoms with E-state index in [0.717, 1.165) is 24.8 Å². The molecule has 0 amide bonds. The number of nitrogens with zero attached hydrogens (tertiary/aromatic N) is 1. The second-order valence-electron chi connectivity index (χ2n) is 4.34. The van der Waals surface area contributed by atoms with Gasteiger partial charge in [0.15, 0.2) is 0 Å². The second kappa shape index (κ2) is 5.74. The van der Waals surface area contributed by atoms with Crippen molar-refractivity contribution in [2.24, 2.45) is 4.99 Å². The molecule has 0 aliphatic heterocycles. The molecular weight excluding hydrogens is 266 g/mol. The number of thiocarbonyl (C=S) groups is 1. The Balaban J connectivity index is 2.55. The fourth-order valence-corrected chi connectivity index (χ4v) is 3.85. The molecule has 1 aromatic rings. The lowest BCUT2D eigenvalue weighted by molar-refractivity contribution is 0.0526. The number of isothiocyanates is 1. The summed E-state index contributed by atoms with van der Waals surface area (Å²) in [6, 6.07) is 0. The van der Waals surface area contributed by atoms with E-state index in [9.17, 15) is 4.79 Å². The third-order valence-electron chi connectivity index (χ3n) is 3.16. The molecule has 2 rings (SSSR count). The first-order valence-corrected chi connectivity index (χ1v) is 7.32. The van der Waals surface area contributed by atoms with Crippen molar-refractivity contribution >= 4 is 39.7 Å². The zero-order chi connectivity index (χ0) is 13.1. The van der Waals surface area contributed by atoms with Gasteiger partial charge in [0.05, 0.1) is 11.8 Å². The molecule has 1 unspecified atom stereocenters. The van der Waals surface area contributed by atoms with E-state index in [1.165, 1.54) is 4.88 Å². The van der Waals surface area contributed by atoms with Crippen molar-refractivity contribution in [3.05, 3.63) is 16.0 Å². The van der Waals surface area contributed by atoms with Crippen molar-refractivity contribution in [2.75, 3.05) is 6.61 Å². The topological polar surface area (TPSA) is 38.7 Å². The Morgan fingerprint density at radius 2 is 2.44 bits per heavy atom. The highest BCUT2D eigenvalue weighted by Crippen LogP contribution is 2.44. The highest BCUT2D eigenvalue weighted by atomic mass is 32.1. The Bertz CT molecular complexity index is 515. The van der Waals surface area contributed by atoms with Gasteiger partial charge in [-0.2, -0.15) is 4.99 Å². The third kappa shape index (κ3) is 2.39. The Morgan fingerprint density at radius 1 is 1.67 bits per heavy atom. The summed E-state index contributed by atoms with van der Waals surface area (Å²) in [4.78, 5) is 17.4. The number of thiophene rings is 1. The summed E-state index contributed by atoms with van der Waals surface area (Å²) in [5.41, 5.74) is 1.73. The van der Waals surface area contributed by atoms with Gasteiger partial charge in [-0.15, -0.1) is 11.3 Å². The number of fused-ring (bicyclic) bond motifs is 1. The molecular formula is C13H15NO2S2. The van der Waals surface area contributed by atoms with Gasteiger partial charge < -0.3 is 4.74 Å². The molecule has 5 heteroatoms. The van der Waals surface area contributed by atoms with Crippen LogP contribution in [0.3, 0.4) is 0 Å². The average molecular weight is 281 g/mol. The van der Waals surface area contributed by atoms with Crippen molar-refractivity contribution in [1.29, 1.82) is 0 Å². The normalized spacial score (nSPS) is 17.8. The molecule has 1 atom stereocenters. The molecule has 1 aromatic heterocycles. The first-order chi connectivity index (χ1) is 8.69. The fraction of sp³-hybridized carbons (Fsp3) is 0.538. The van der Waals surface area contributed by atoms with Crippen LogP contribution in [0, 0.1) is 0 Å². The van der Waals surface area contributed by atoms with Crippen LogP contribution in [0.2, 0.25) is 0 Å². The van der Waals surface area contributed by atoms with Crippen molar-refractivity contribution in [1.82, 2.24) is 0 Å². The summed E-state index contributed by atoms with van der Waals surface area (Å²) in [5.74, 6) is 0.103. The lowest BCUT2D eigenvalue weighted by atomic mass is 9.86. The van der Waals surface area contributed by atoms with Crippen LogP contribution in [0.5, 0.6) is 0 Å². The van der Waals surface area contributed by atoms with E-state index >= 15 is 0 Å². The number of hydrogen-bond donors (Lipinski definition) is 0. The molecule has 1 heterocycles. The Kier molecular flexibility index (Phi) is 4.27. The van der Waals surface area contributed by atoms with Crippen LogP contribution in [0.1, 0.15) is 53.4 Å². The zero-order valence-electron chi connectivity index (χ0n) is 10.5. The van der Waals surface area contributed by atoms with Gasteiger partial charge in [-0.25, -0.2) is 4.79 Å². The molecule has 3 nitrogen and oxygen atoms in total. The molecule has 0 bridgehead atoms. The minimum atomic E-state index is -0.284. The van der Waals surface area contributed by atoms with Gasteiger partial charge in [0.25, 0.3) is 0 Å². The van der Waals surface area contributed by atoms with E-state index in [-0.39, 0.29) is 5.97 Å². The van der Waals surface area contributed by atoms with Crippen LogP contribution in [0.15, 0.2) is 4.99 Å². The summed E-state index contributed by atoms with van der Waals surface area (Å²) in [6.45, 7) is 4.33. The van der Waals surface area contributed by atoms with Crippen molar-refractivity contribution in [3.63, 3.8) is 0 Å². The molecule has 1 aliphatic carbocycles. The van der Waals surface area contributed by atoms with Gasteiger partial charge in [0.1, 0.15) is 10.6 Å². The number of aliphatic imine (C=N–C) groups is 1. The van der Waals surface area contributed by atoms with Gasteiger partial charge in [0.2, 0.25) is 0 Å². The minimum Gasteiger partial charge on any atom is -0.462 e. The molecule has 0 radical (unpaired) electrons. The summed E-state index contributed by atoms with van der Waals surface area (Å²) in [7, 11) is 0. The lowest BCUT2D eigenvalue weighted by Crippen LogP contribution is -2.12. The van der Waals surface area contributed by atoms with Gasteiger partial charge in [-0.05, 0) is 49.9 Å². The molecule has 1 aliphatic rings. The number of ether oxygens (including phenoxy) is 1. The van der Waals surface area contributed by atoms with E-state index in [1.54, 1.807) is 11.3 Å². The molecule has 0 spiro atoms. The number of esters is 1. The highest BCUT2D eigenvalue weighted by molar-refractivity contribution is 7.78. The van der Waals surface area contributed by atoms with E-state index < -0.39 is 0 Å². The first-order valence-electron chi connectivity index (χ1n) is 6.09. The summed E-state index contributed by atoms with van der Waals surface area (Å²) >= 11 is 6.20. The van der Waals surface area contributed by atoms with E-state index in [2.05, 4.69) is 29.3 Å². The summed E-state index contributed by atoms with van der Waals surface area (Å²) < 4.78 is 5.13. The molecule has 0 aromatic carbocycles. The number of carbonyl (C=O) groups excluding carboxylic acids is 1. The molecule has 0 saturated heterocycles. The van der Waals surface area contributed by atoms with Crippen LogP contribution in [-0.4, -0.2) is 17.7 Å². The molecule has 0 saturated carbocycles. The smallest absolute Gasteiger partial charge is 0.341 e. The maximum Gasteiger partial charge on any atom is 0.341 e. The van der Waals surface area contributed by atoms with Gasteiger partial charge >= 0.3 is 5.97 Å². The van der Waals surface area contributed by atoms with Crippen molar-refractivity contribution < 1.29 is 9.53 Å². The van der Waals surface area contributed by atoms with E-state index in [0.29, 0.717) is 23.1 Å². The highest BCUT2D eigenvalue weighted by Gasteiger charge is 2.29. The number of hydrogen-bond acceptors (Lipinski definition) is 5. The first kappa shape index (κ1) is 13.4. The minimum absolute atomic E-state index is 0.284. The van der Waals surface area contributed by atoms with E-state index in [1.807, 2.05) is 6.92 Å². The molecule has 0 fully saturated rings. The van der Waals surface area contributed by atoms with Gasteiger partial charge in [0, 0.05) is 4.88 Å². The molecule has 18 heavy (non-hydrogen) atoms. The number of rotatable bonds is 3. The van der Waals surface area contributed by atoms with Crippen LogP contribution < -0.4 is 0 Å². The SMILES string of the molecule is CCOC(=O)c1c(N=C=S)sc2c1C(C)CCC2. The summed E-state index contributed by atoms with van der Waals surface area (Å²) in [5, 5.41) is 3.01. The summed E-state index contributed by atoms with van der Waals surface area (Å²) in [6.07, 6.45) is 3.29. The molecule has 0 N–H and O–H groups in total. The second-order valence-corrected chi connectivity index (χ2v) is 5.60. The third-order valence-corrected chi connectivity index (χ3v) is 4.41. The standard InChI is InChI=1S/C13H15NO2S2/c1-3-16-13(15)11-10-8(2)5-4-6-9(10)18-12(11)14-7-17/h8H,3-6H2,1-2H3. The van der Waals surface area contributed by atoms with E-state index in [4.69, 9.17) is 4.74 Å². The largest absolute Gasteiger partial charge is 0.462 e. The maximum atomic E-state index is 12.1. The van der Waals surface area contributed by atoms with Gasteiger partial charge in [-0.1, -0.05) is 6.92 Å².